The van der Waals surface area contributed by atoms with E-state index in [-0.39, 0.29) is 6.04 Å². The van der Waals surface area contributed by atoms with Crippen LogP contribution in [-0.2, 0) is 17.6 Å². The van der Waals surface area contributed by atoms with E-state index < -0.39 is 0 Å². The van der Waals surface area contributed by atoms with Gasteiger partial charge in [0.05, 0.1) is 6.04 Å². The second kappa shape index (κ2) is 4.07. The quantitative estimate of drug-likeness (QED) is 0.541. The summed E-state index contributed by atoms with van der Waals surface area (Å²) >= 11 is 1.81. The van der Waals surface area contributed by atoms with Crippen LogP contribution in [0.5, 0.6) is 0 Å². The number of hydrogen-bond donors (Lipinski definition) is 0. The molecule has 0 bridgehead atoms. The molecule has 0 aliphatic heterocycles. The van der Waals surface area contributed by atoms with Crippen molar-refractivity contribution in [1.29, 1.82) is 0 Å². The number of isocyanates is 1. The van der Waals surface area contributed by atoms with Crippen molar-refractivity contribution in [3.8, 4) is 0 Å². The van der Waals surface area contributed by atoms with Crippen molar-refractivity contribution in [2.75, 3.05) is 0 Å². The number of hydrogen-bond acceptors (Lipinski definition) is 3. The summed E-state index contributed by atoms with van der Waals surface area (Å²) in [4.78, 5) is 16.6. The van der Waals surface area contributed by atoms with Crippen molar-refractivity contribution in [3.63, 3.8) is 0 Å². The third-order valence-corrected chi connectivity index (χ3v) is 4.08. The lowest BCUT2D eigenvalue weighted by molar-refractivity contribution is 0.560. The van der Waals surface area contributed by atoms with Gasteiger partial charge in [-0.15, -0.1) is 11.3 Å². The number of nitrogens with zero attached hydrogens (tertiary/aromatic N) is 1. The fourth-order valence-corrected chi connectivity index (χ4v) is 3.11. The largest absolute Gasteiger partial charge is 0.235 e. The summed E-state index contributed by atoms with van der Waals surface area (Å²) in [6.45, 7) is 1.95. The molecule has 0 fully saturated rings. The van der Waals surface area contributed by atoms with Gasteiger partial charge in [-0.1, -0.05) is 0 Å². The molecule has 3 heteroatoms. The van der Waals surface area contributed by atoms with E-state index in [2.05, 4.69) is 11.1 Å². The van der Waals surface area contributed by atoms with Gasteiger partial charge in [-0.25, -0.2) is 4.79 Å². The molecule has 0 saturated heterocycles. The van der Waals surface area contributed by atoms with Crippen molar-refractivity contribution >= 4 is 17.4 Å². The molecule has 2 rings (SSSR count). The van der Waals surface area contributed by atoms with E-state index in [1.54, 1.807) is 6.08 Å². The third kappa shape index (κ3) is 1.79. The maximum Gasteiger partial charge on any atom is 0.235 e. The minimum atomic E-state index is -0.0110. The fourth-order valence-electron chi connectivity index (χ4n) is 1.86. The van der Waals surface area contributed by atoms with Crippen LogP contribution in [0.15, 0.2) is 11.1 Å². The van der Waals surface area contributed by atoms with Crippen LogP contribution in [0, 0.1) is 0 Å². The van der Waals surface area contributed by atoms with Gasteiger partial charge in [0, 0.05) is 9.75 Å². The first-order chi connectivity index (χ1) is 6.81. The lowest BCUT2D eigenvalue weighted by Gasteiger charge is -2.08. The van der Waals surface area contributed by atoms with Crippen molar-refractivity contribution < 1.29 is 4.79 Å². The topological polar surface area (TPSA) is 29.4 Å². The molecule has 14 heavy (non-hydrogen) atoms. The molecule has 1 aromatic rings. The van der Waals surface area contributed by atoms with Gasteiger partial charge in [-0.05, 0) is 44.2 Å². The lowest BCUT2D eigenvalue weighted by Crippen LogP contribution is -1.96. The van der Waals surface area contributed by atoms with E-state index in [1.807, 2.05) is 18.3 Å². The van der Waals surface area contributed by atoms with Crippen LogP contribution in [0.25, 0.3) is 0 Å². The van der Waals surface area contributed by atoms with Gasteiger partial charge in [0.1, 0.15) is 0 Å². The first-order valence-electron chi connectivity index (χ1n) is 4.99. The van der Waals surface area contributed by atoms with E-state index in [0.29, 0.717) is 0 Å². The highest BCUT2D eigenvalue weighted by Gasteiger charge is 2.15. The number of thiophene rings is 1. The molecule has 1 unspecified atom stereocenters. The average molecular weight is 207 g/mol. The van der Waals surface area contributed by atoms with Crippen molar-refractivity contribution in [1.82, 2.24) is 0 Å². The van der Waals surface area contributed by atoms with Crippen molar-refractivity contribution in [3.05, 3.63) is 21.4 Å². The molecule has 2 nitrogen and oxygen atoms in total. The summed E-state index contributed by atoms with van der Waals surface area (Å²) in [5.41, 5.74) is 1.48. The van der Waals surface area contributed by atoms with Crippen LogP contribution < -0.4 is 0 Å². The van der Waals surface area contributed by atoms with Crippen LogP contribution >= 0.6 is 11.3 Å². The second-order valence-electron chi connectivity index (χ2n) is 3.70. The minimum Gasteiger partial charge on any atom is -0.211 e. The van der Waals surface area contributed by atoms with E-state index in [0.717, 1.165) is 0 Å². The predicted molar refractivity (Wildman–Crippen MR) is 57.5 cm³/mol. The van der Waals surface area contributed by atoms with Gasteiger partial charge in [0.15, 0.2) is 0 Å². The van der Waals surface area contributed by atoms with Crippen LogP contribution in [0.3, 0.4) is 0 Å². The molecule has 74 valence electrons. The third-order valence-electron chi connectivity index (χ3n) is 2.67. The first-order valence-corrected chi connectivity index (χ1v) is 5.81. The summed E-state index contributed by atoms with van der Waals surface area (Å²) in [5.74, 6) is 0. The molecule has 0 spiro atoms. The Morgan fingerprint density at radius 3 is 3.00 bits per heavy atom. The number of aliphatic imine (C=N–C) groups is 1. The molecular weight excluding hydrogens is 194 g/mol. The molecule has 0 N–H and O–H groups in total. The molecule has 0 radical (unpaired) electrons. The Bertz CT molecular complexity index is 353. The smallest absolute Gasteiger partial charge is 0.211 e. The first kappa shape index (κ1) is 9.63. The molecule has 0 aromatic carbocycles. The lowest BCUT2D eigenvalue weighted by atomic mass is 9.99. The van der Waals surface area contributed by atoms with Crippen LogP contribution in [0.2, 0.25) is 0 Å². The van der Waals surface area contributed by atoms with Crippen LogP contribution in [-0.4, -0.2) is 6.08 Å². The molecule has 1 aliphatic carbocycles. The van der Waals surface area contributed by atoms with Gasteiger partial charge < -0.3 is 0 Å². The Labute approximate surface area is 87.7 Å². The van der Waals surface area contributed by atoms with Crippen molar-refractivity contribution in [2.24, 2.45) is 4.99 Å². The Morgan fingerprint density at radius 2 is 2.29 bits per heavy atom. The monoisotopic (exact) mass is 207 g/mol. The van der Waals surface area contributed by atoms with E-state index >= 15 is 0 Å². The SMILES string of the molecule is CC(N=C=O)c1cc2c(s1)CCCC2. The number of rotatable bonds is 2. The fraction of sp³-hybridized carbons (Fsp3) is 0.545. The van der Waals surface area contributed by atoms with Gasteiger partial charge in [-0.3, -0.25) is 0 Å². The van der Waals surface area contributed by atoms with Gasteiger partial charge >= 0.3 is 0 Å². The summed E-state index contributed by atoms with van der Waals surface area (Å²) in [5, 5.41) is 0. The maximum absolute atomic E-state index is 10.1. The Hall–Kier alpha value is -0.920. The number of aryl methyl sites for hydroxylation is 2. The Morgan fingerprint density at radius 1 is 1.50 bits per heavy atom. The van der Waals surface area contributed by atoms with Gasteiger partial charge in [0.25, 0.3) is 0 Å². The molecule has 0 saturated carbocycles. The van der Waals surface area contributed by atoms with Crippen LogP contribution in [0.1, 0.15) is 41.1 Å². The van der Waals surface area contributed by atoms with Crippen LogP contribution in [0.4, 0.5) is 0 Å². The highest BCUT2D eigenvalue weighted by atomic mass is 32.1. The molecule has 0 amide bonds. The van der Waals surface area contributed by atoms with E-state index in [9.17, 15) is 4.79 Å². The summed E-state index contributed by atoms with van der Waals surface area (Å²) < 4.78 is 0. The zero-order valence-electron chi connectivity index (χ0n) is 8.25. The van der Waals surface area contributed by atoms with E-state index in [1.165, 1.54) is 41.0 Å². The zero-order valence-corrected chi connectivity index (χ0v) is 9.06. The second-order valence-corrected chi connectivity index (χ2v) is 4.87. The molecule has 1 aliphatic rings. The predicted octanol–water partition coefficient (Wildman–Crippen LogP) is 3.02. The van der Waals surface area contributed by atoms with Gasteiger partial charge in [0.2, 0.25) is 6.08 Å². The highest BCUT2D eigenvalue weighted by molar-refractivity contribution is 7.12. The molecule has 1 atom stereocenters. The molecular formula is C11H13NOS. The molecule has 1 heterocycles. The minimum absolute atomic E-state index is 0.0110. The Kier molecular flexibility index (Phi) is 2.80. The summed E-state index contributed by atoms with van der Waals surface area (Å²) in [7, 11) is 0. The average Bonchev–Trinajstić information content (AvgIpc) is 2.61. The Balaban J connectivity index is 2.27. The summed E-state index contributed by atoms with van der Waals surface area (Å²) in [6, 6.07) is 2.20. The van der Waals surface area contributed by atoms with Gasteiger partial charge in [-0.2, -0.15) is 4.99 Å². The number of carbonyl (C=O) groups excluding carboxylic acids is 1. The normalized spacial score (nSPS) is 16.9. The number of fused-ring (bicyclic) bond motifs is 1. The standard InChI is InChI=1S/C11H13NOS/c1-8(12-7-13)11-6-9-4-2-3-5-10(9)14-11/h6,8H,2-5H2,1H3. The highest BCUT2D eigenvalue weighted by Crippen LogP contribution is 2.33. The molecule has 1 aromatic heterocycles. The maximum atomic E-state index is 10.1. The zero-order chi connectivity index (χ0) is 9.97. The summed E-state index contributed by atoms with van der Waals surface area (Å²) in [6.07, 6.45) is 6.64. The van der Waals surface area contributed by atoms with Crippen molar-refractivity contribution in [2.45, 2.75) is 38.6 Å². The van der Waals surface area contributed by atoms with E-state index in [4.69, 9.17) is 0 Å².